The second kappa shape index (κ2) is 4.29. The predicted octanol–water partition coefficient (Wildman–Crippen LogP) is 2.58. The van der Waals surface area contributed by atoms with Gasteiger partial charge in [0.15, 0.2) is 5.22 Å². The van der Waals surface area contributed by atoms with Crippen LogP contribution in [0.2, 0.25) is 10.2 Å². The normalized spacial score (nSPS) is 11.1. The van der Waals surface area contributed by atoms with Crippen molar-refractivity contribution in [3.8, 4) is 5.88 Å². The molecule has 0 saturated carbocycles. The van der Waals surface area contributed by atoms with E-state index in [0.29, 0.717) is 15.9 Å². The molecule has 0 bridgehead atoms. The number of hydrogen-bond acceptors (Lipinski definition) is 3. The molecular formula is C12H6Cl2N2O3. The van der Waals surface area contributed by atoms with E-state index in [0.717, 1.165) is 4.57 Å². The molecule has 2 aromatic heterocycles. The number of benzene rings is 1. The first-order valence-electron chi connectivity index (χ1n) is 5.27. The van der Waals surface area contributed by atoms with Crippen LogP contribution in [0.3, 0.4) is 0 Å². The second-order valence-corrected chi connectivity index (χ2v) is 4.59. The Morgan fingerprint density at radius 1 is 1.11 bits per heavy atom. The number of para-hydroxylation sites is 1. The lowest BCUT2D eigenvalue weighted by Gasteiger charge is -2.04. The first-order valence-corrected chi connectivity index (χ1v) is 6.03. The van der Waals surface area contributed by atoms with Gasteiger partial charge in [-0.2, -0.15) is 4.57 Å². The second-order valence-electron chi connectivity index (χ2n) is 3.81. The van der Waals surface area contributed by atoms with Gasteiger partial charge in [-0.1, -0.05) is 17.7 Å². The molecule has 1 aromatic carbocycles. The van der Waals surface area contributed by atoms with E-state index in [1.54, 1.807) is 18.2 Å². The lowest BCUT2D eigenvalue weighted by atomic mass is 10.2. The maximum Gasteiger partial charge on any atom is 0.335 e. The van der Waals surface area contributed by atoms with Gasteiger partial charge in [-0.25, -0.2) is 4.79 Å². The highest BCUT2D eigenvalue weighted by Gasteiger charge is 2.13. The molecule has 0 saturated heterocycles. The molecule has 0 aliphatic carbocycles. The fourth-order valence-corrected chi connectivity index (χ4v) is 2.19. The maximum absolute atomic E-state index is 12.3. The highest BCUT2D eigenvalue weighted by molar-refractivity contribution is 6.34. The number of aromatic amines is 1. The number of nitrogens with zero attached hydrogens (tertiary/aromatic N) is 1. The van der Waals surface area contributed by atoms with Crippen molar-refractivity contribution in [3.63, 3.8) is 0 Å². The van der Waals surface area contributed by atoms with Gasteiger partial charge in [-0.05, 0) is 29.8 Å². The van der Waals surface area contributed by atoms with Crippen molar-refractivity contribution in [2.24, 2.45) is 0 Å². The quantitative estimate of drug-likeness (QED) is 0.750. The summed E-state index contributed by atoms with van der Waals surface area (Å²) in [5.41, 5.74) is -0.864. The first kappa shape index (κ1) is 12.1. The monoisotopic (exact) mass is 296 g/mol. The van der Waals surface area contributed by atoms with Gasteiger partial charge < -0.3 is 9.40 Å². The summed E-state index contributed by atoms with van der Waals surface area (Å²) in [6.07, 6.45) is 0. The minimum atomic E-state index is -0.642. The third-order valence-electron chi connectivity index (χ3n) is 2.66. The summed E-state index contributed by atoms with van der Waals surface area (Å²) >= 11 is 11.6. The Labute approximate surface area is 116 Å². The third kappa shape index (κ3) is 1.87. The lowest BCUT2D eigenvalue weighted by Crippen LogP contribution is -2.33. The third-order valence-corrected chi connectivity index (χ3v) is 3.18. The highest BCUT2D eigenvalue weighted by atomic mass is 35.5. The Balaban J connectivity index is 2.45. The minimum Gasteiger partial charge on any atom is -0.428 e. The molecule has 0 radical (unpaired) electrons. The van der Waals surface area contributed by atoms with Crippen molar-refractivity contribution in [1.82, 2.24) is 9.55 Å². The fourth-order valence-electron chi connectivity index (χ4n) is 1.83. The molecular weight excluding hydrogens is 291 g/mol. The number of rotatable bonds is 1. The molecule has 0 aliphatic rings. The molecule has 7 heteroatoms. The summed E-state index contributed by atoms with van der Waals surface area (Å²) in [4.78, 5) is 26.8. The minimum absolute atomic E-state index is 0.0538. The molecule has 2 heterocycles. The van der Waals surface area contributed by atoms with Crippen LogP contribution in [0.5, 0.6) is 0 Å². The van der Waals surface area contributed by atoms with E-state index in [2.05, 4.69) is 4.98 Å². The van der Waals surface area contributed by atoms with Crippen LogP contribution in [-0.4, -0.2) is 9.55 Å². The van der Waals surface area contributed by atoms with Crippen molar-refractivity contribution in [2.45, 2.75) is 0 Å². The molecule has 0 unspecified atom stereocenters. The number of halogens is 2. The summed E-state index contributed by atoms with van der Waals surface area (Å²) in [6.45, 7) is 0. The van der Waals surface area contributed by atoms with Gasteiger partial charge in [0.2, 0.25) is 5.88 Å². The number of nitrogens with one attached hydrogen (secondary N) is 1. The van der Waals surface area contributed by atoms with Crippen LogP contribution in [0.1, 0.15) is 0 Å². The van der Waals surface area contributed by atoms with Crippen LogP contribution in [-0.2, 0) is 0 Å². The summed E-state index contributed by atoms with van der Waals surface area (Å²) in [5.74, 6) is 0.0538. The molecule has 96 valence electrons. The Morgan fingerprint density at radius 2 is 1.89 bits per heavy atom. The molecule has 0 spiro atoms. The first-order chi connectivity index (χ1) is 9.08. The number of fused-ring (bicyclic) bond motifs is 1. The lowest BCUT2D eigenvalue weighted by molar-refractivity contribution is 0.530. The molecule has 0 amide bonds. The van der Waals surface area contributed by atoms with Gasteiger partial charge in [0.25, 0.3) is 5.56 Å². The van der Waals surface area contributed by atoms with E-state index < -0.39 is 11.2 Å². The molecule has 19 heavy (non-hydrogen) atoms. The van der Waals surface area contributed by atoms with Crippen LogP contribution in [0.25, 0.3) is 16.8 Å². The van der Waals surface area contributed by atoms with Gasteiger partial charge >= 0.3 is 5.69 Å². The van der Waals surface area contributed by atoms with Crippen LogP contribution in [0.15, 0.2) is 44.3 Å². The standard InChI is InChI=1S/C12H6Cl2N2O3/c13-7-3-1-2-6-10(7)15-12(18)16(11(6)17)9-5-4-8(14)19-9/h1-5H,(H,15,18). The number of H-pyrrole nitrogens is 1. The van der Waals surface area contributed by atoms with Crippen molar-refractivity contribution >= 4 is 34.1 Å². The van der Waals surface area contributed by atoms with E-state index in [1.165, 1.54) is 12.1 Å². The SMILES string of the molecule is O=c1[nH]c2c(Cl)cccc2c(=O)n1-c1ccc(Cl)o1. The molecule has 5 nitrogen and oxygen atoms in total. The van der Waals surface area contributed by atoms with Crippen molar-refractivity contribution < 1.29 is 4.42 Å². The van der Waals surface area contributed by atoms with Crippen molar-refractivity contribution in [2.75, 3.05) is 0 Å². The summed E-state index contributed by atoms with van der Waals surface area (Å²) in [6, 6.07) is 7.68. The van der Waals surface area contributed by atoms with Gasteiger partial charge in [-0.3, -0.25) is 4.79 Å². The fraction of sp³-hybridized carbons (Fsp3) is 0. The van der Waals surface area contributed by atoms with Crippen LogP contribution >= 0.6 is 23.2 Å². The van der Waals surface area contributed by atoms with E-state index in [9.17, 15) is 9.59 Å². The molecule has 3 aromatic rings. The maximum atomic E-state index is 12.3. The Bertz CT molecular complexity index is 892. The van der Waals surface area contributed by atoms with E-state index in [-0.39, 0.29) is 11.1 Å². The Kier molecular flexibility index (Phi) is 2.73. The number of hydrogen-bond donors (Lipinski definition) is 1. The number of furan rings is 1. The molecule has 0 fully saturated rings. The smallest absolute Gasteiger partial charge is 0.335 e. The summed E-state index contributed by atoms with van der Waals surface area (Å²) in [7, 11) is 0. The largest absolute Gasteiger partial charge is 0.428 e. The molecule has 1 N–H and O–H groups in total. The predicted molar refractivity (Wildman–Crippen MR) is 72.5 cm³/mol. The van der Waals surface area contributed by atoms with Crippen LogP contribution < -0.4 is 11.2 Å². The van der Waals surface area contributed by atoms with E-state index >= 15 is 0 Å². The van der Waals surface area contributed by atoms with Gasteiger partial charge in [0.05, 0.1) is 15.9 Å². The molecule has 0 aliphatic heterocycles. The van der Waals surface area contributed by atoms with E-state index in [1.807, 2.05) is 0 Å². The topological polar surface area (TPSA) is 68.0 Å². The van der Waals surface area contributed by atoms with Gasteiger partial charge in [-0.15, -0.1) is 0 Å². The average Bonchev–Trinajstić information content (AvgIpc) is 2.77. The summed E-state index contributed by atoms with van der Waals surface area (Å²) in [5, 5.41) is 0.684. The zero-order chi connectivity index (χ0) is 13.6. The van der Waals surface area contributed by atoms with Crippen molar-refractivity contribution in [3.05, 3.63) is 61.4 Å². The van der Waals surface area contributed by atoms with Crippen molar-refractivity contribution in [1.29, 1.82) is 0 Å². The Hall–Kier alpha value is -1.98. The van der Waals surface area contributed by atoms with Gasteiger partial charge in [0, 0.05) is 6.07 Å². The molecule has 0 atom stereocenters. The van der Waals surface area contributed by atoms with Crippen LogP contribution in [0.4, 0.5) is 0 Å². The Morgan fingerprint density at radius 3 is 2.58 bits per heavy atom. The van der Waals surface area contributed by atoms with Gasteiger partial charge in [0.1, 0.15) is 0 Å². The van der Waals surface area contributed by atoms with Crippen LogP contribution in [0, 0.1) is 0 Å². The highest BCUT2D eigenvalue weighted by Crippen LogP contribution is 2.19. The zero-order valence-corrected chi connectivity index (χ0v) is 10.8. The van der Waals surface area contributed by atoms with E-state index in [4.69, 9.17) is 27.6 Å². The number of aromatic nitrogens is 2. The average molecular weight is 297 g/mol. The zero-order valence-electron chi connectivity index (χ0n) is 9.31. The molecule has 3 rings (SSSR count). The summed E-state index contributed by atoms with van der Waals surface area (Å²) < 4.78 is 5.95.